The third-order valence-electron chi connectivity index (χ3n) is 2.37. The van der Waals surface area contributed by atoms with Crippen molar-refractivity contribution in [3.8, 4) is 0 Å². The minimum absolute atomic E-state index is 0.893. The first-order valence-corrected chi connectivity index (χ1v) is 5.93. The van der Waals surface area contributed by atoms with E-state index in [0.717, 1.165) is 17.8 Å². The van der Waals surface area contributed by atoms with Crippen LogP contribution in [-0.4, -0.2) is 11.4 Å². The summed E-state index contributed by atoms with van der Waals surface area (Å²) in [6.07, 6.45) is 3.53. The van der Waals surface area contributed by atoms with E-state index in [1.165, 1.54) is 18.4 Å². The lowest BCUT2D eigenvalue weighted by atomic mass is 10.1. The number of unbranched alkanes of at least 4 members (excludes halogenated alkanes) is 1. The molecule has 1 aliphatic rings. The van der Waals surface area contributed by atoms with Gasteiger partial charge in [0.25, 0.3) is 0 Å². The molecule has 1 aliphatic heterocycles. The van der Waals surface area contributed by atoms with Crippen LogP contribution in [0.15, 0.2) is 40.5 Å². The van der Waals surface area contributed by atoms with Gasteiger partial charge in [0, 0.05) is 12.1 Å². The molecule has 2 rings (SSSR count). The second-order valence-electron chi connectivity index (χ2n) is 3.92. The van der Waals surface area contributed by atoms with Crippen molar-refractivity contribution < 1.29 is 0 Å². The lowest BCUT2D eigenvalue weighted by Crippen LogP contribution is -2.00. The zero-order valence-corrected chi connectivity index (χ0v) is 10.4. The van der Waals surface area contributed by atoms with Gasteiger partial charge >= 0.3 is 0 Å². The van der Waals surface area contributed by atoms with Gasteiger partial charge in [-0.1, -0.05) is 57.0 Å². The average molecular weight is 216 g/mol. The first kappa shape index (κ1) is 12.6. The molecule has 2 heteroatoms. The van der Waals surface area contributed by atoms with E-state index in [2.05, 4.69) is 36.2 Å². The molecule has 0 unspecified atom stereocenters. The summed E-state index contributed by atoms with van der Waals surface area (Å²) in [6, 6.07) is 10.2. The molecular formula is C14H20N2. The fourth-order valence-corrected chi connectivity index (χ4v) is 1.25. The van der Waals surface area contributed by atoms with E-state index >= 15 is 0 Å². The quantitative estimate of drug-likeness (QED) is 0.712. The molecule has 2 nitrogen and oxygen atoms in total. The van der Waals surface area contributed by atoms with Gasteiger partial charge in [-0.25, -0.2) is 0 Å². The van der Waals surface area contributed by atoms with Gasteiger partial charge in [-0.2, -0.15) is 10.2 Å². The van der Waals surface area contributed by atoms with Gasteiger partial charge in [0.1, 0.15) is 0 Å². The molecule has 0 fully saturated rings. The number of hydrogen-bond donors (Lipinski definition) is 0. The fraction of sp³-hybridized carbons (Fsp3) is 0.429. The lowest BCUT2D eigenvalue weighted by molar-refractivity contribution is 0.886. The first-order valence-electron chi connectivity index (χ1n) is 5.93. The Bertz CT molecular complexity index is 362. The van der Waals surface area contributed by atoms with Crippen molar-refractivity contribution in [2.75, 3.05) is 0 Å². The number of benzene rings is 1. The van der Waals surface area contributed by atoms with Gasteiger partial charge in [-0.15, -0.1) is 0 Å². The molecule has 0 spiro atoms. The van der Waals surface area contributed by atoms with Crippen LogP contribution in [0.5, 0.6) is 0 Å². The van der Waals surface area contributed by atoms with E-state index in [9.17, 15) is 0 Å². The predicted molar refractivity (Wildman–Crippen MR) is 71.3 cm³/mol. The smallest absolute Gasteiger partial charge is 0.0759 e. The second-order valence-corrected chi connectivity index (χ2v) is 3.92. The van der Waals surface area contributed by atoms with Gasteiger partial charge in [-0.05, 0) is 12.5 Å². The Labute approximate surface area is 98.1 Å². The highest BCUT2D eigenvalue weighted by Crippen LogP contribution is 2.10. The van der Waals surface area contributed by atoms with Crippen LogP contribution in [-0.2, 0) is 0 Å². The predicted octanol–water partition coefficient (Wildman–Crippen LogP) is 4.06. The molecule has 0 saturated carbocycles. The van der Waals surface area contributed by atoms with E-state index < -0.39 is 0 Å². The summed E-state index contributed by atoms with van der Waals surface area (Å²) in [5.41, 5.74) is 3.35. The zero-order chi connectivity index (χ0) is 11.8. The van der Waals surface area contributed by atoms with Crippen LogP contribution >= 0.6 is 0 Å². The Morgan fingerprint density at radius 1 is 1.00 bits per heavy atom. The minimum Gasteiger partial charge on any atom is -0.160 e. The third kappa shape index (κ3) is 3.97. The number of hydrogen-bond acceptors (Lipinski definition) is 2. The van der Waals surface area contributed by atoms with Crippen LogP contribution in [0.2, 0.25) is 0 Å². The highest BCUT2D eigenvalue weighted by Gasteiger charge is 2.09. The Hall–Kier alpha value is -1.44. The minimum atomic E-state index is 0.893. The van der Waals surface area contributed by atoms with Crippen molar-refractivity contribution in [1.29, 1.82) is 0 Å². The van der Waals surface area contributed by atoms with Crippen molar-refractivity contribution in [3.63, 3.8) is 0 Å². The van der Waals surface area contributed by atoms with Crippen LogP contribution in [0, 0.1) is 0 Å². The molecule has 0 aromatic heterocycles. The average Bonchev–Trinajstić information content (AvgIpc) is 2.77. The Kier molecular flexibility index (Phi) is 5.48. The molecule has 1 aromatic carbocycles. The monoisotopic (exact) mass is 216 g/mol. The molecule has 16 heavy (non-hydrogen) atoms. The van der Waals surface area contributed by atoms with Crippen LogP contribution in [0.3, 0.4) is 0 Å². The molecular weight excluding hydrogens is 196 g/mol. The standard InChI is InChI=1S/C10H10N2.C4H10/c1-8-7-10(12-11-8)9-5-3-2-4-6-9;1-3-4-2/h2-6H,7H2,1H3;3-4H2,1-2H3. The summed E-state index contributed by atoms with van der Waals surface area (Å²) >= 11 is 0. The molecule has 0 saturated heterocycles. The van der Waals surface area contributed by atoms with Crippen molar-refractivity contribution in [1.82, 2.24) is 0 Å². The molecule has 0 bridgehead atoms. The summed E-state index contributed by atoms with van der Waals surface area (Å²) in [5, 5.41) is 8.09. The normalized spacial score (nSPS) is 13.7. The van der Waals surface area contributed by atoms with Crippen LogP contribution < -0.4 is 0 Å². The molecule has 86 valence electrons. The Morgan fingerprint density at radius 3 is 2.06 bits per heavy atom. The van der Waals surface area contributed by atoms with E-state index in [4.69, 9.17) is 0 Å². The van der Waals surface area contributed by atoms with E-state index in [1.54, 1.807) is 0 Å². The Morgan fingerprint density at radius 2 is 1.62 bits per heavy atom. The maximum Gasteiger partial charge on any atom is 0.0759 e. The summed E-state index contributed by atoms with van der Waals surface area (Å²) in [7, 11) is 0. The number of nitrogens with zero attached hydrogens (tertiary/aromatic N) is 2. The second kappa shape index (κ2) is 6.94. The number of rotatable bonds is 2. The molecule has 1 aromatic rings. The summed E-state index contributed by atoms with van der Waals surface area (Å²) in [4.78, 5) is 0. The topological polar surface area (TPSA) is 24.7 Å². The van der Waals surface area contributed by atoms with Gasteiger partial charge < -0.3 is 0 Å². The van der Waals surface area contributed by atoms with Gasteiger partial charge in [0.05, 0.1) is 5.71 Å². The molecule has 1 heterocycles. The fourth-order valence-electron chi connectivity index (χ4n) is 1.25. The maximum absolute atomic E-state index is 4.09. The maximum atomic E-state index is 4.09. The highest BCUT2D eigenvalue weighted by molar-refractivity contribution is 6.14. The van der Waals surface area contributed by atoms with Crippen molar-refractivity contribution in [2.45, 2.75) is 40.0 Å². The molecule has 0 aliphatic carbocycles. The van der Waals surface area contributed by atoms with Crippen molar-refractivity contribution in [3.05, 3.63) is 35.9 Å². The van der Waals surface area contributed by atoms with Crippen molar-refractivity contribution in [2.24, 2.45) is 10.2 Å². The van der Waals surface area contributed by atoms with Gasteiger partial charge in [0.2, 0.25) is 0 Å². The highest BCUT2D eigenvalue weighted by atomic mass is 15.2. The van der Waals surface area contributed by atoms with Crippen molar-refractivity contribution >= 4 is 11.4 Å². The summed E-state index contributed by atoms with van der Waals surface area (Å²) < 4.78 is 0. The molecule has 0 N–H and O–H groups in total. The summed E-state index contributed by atoms with van der Waals surface area (Å²) in [5.74, 6) is 0. The lowest BCUT2D eigenvalue weighted by Gasteiger charge is -1.97. The first-order chi connectivity index (χ1) is 7.77. The van der Waals surface area contributed by atoms with Gasteiger partial charge in [-0.3, -0.25) is 0 Å². The largest absolute Gasteiger partial charge is 0.160 e. The van der Waals surface area contributed by atoms with E-state index in [-0.39, 0.29) is 0 Å². The van der Waals surface area contributed by atoms with E-state index in [0.29, 0.717) is 0 Å². The van der Waals surface area contributed by atoms with Crippen LogP contribution in [0.1, 0.15) is 45.6 Å². The Balaban J connectivity index is 0.000000280. The van der Waals surface area contributed by atoms with Gasteiger partial charge in [0.15, 0.2) is 0 Å². The summed E-state index contributed by atoms with van der Waals surface area (Å²) in [6.45, 7) is 6.36. The van der Waals surface area contributed by atoms with E-state index in [1.807, 2.05) is 25.1 Å². The molecule has 0 radical (unpaired) electrons. The molecule has 0 amide bonds. The molecule has 0 atom stereocenters. The van der Waals surface area contributed by atoms with Crippen LogP contribution in [0.4, 0.5) is 0 Å². The third-order valence-corrected chi connectivity index (χ3v) is 2.37. The zero-order valence-electron chi connectivity index (χ0n) is 10.4. The SMILES string of the molecule is CC1=NN=C(c2ccccc2)C1.CCCC. The van der Waals surface area contributed by atoms with Crippen LogP contribution in [0.25, 0.3) is 0 Å².